The van der Waals surface area contributed by atoms with Crippen molar-refractivity contribution < 1.29 is 31.5 Å². The third kappa shape index (κ3) is 6.02. The van der Waals surface area contributed by atoms with E-state index in [4.69, 9.17) is 9.84 Å². The highest BCUT2D eigenvalue weighted by Crippen LogP contribution is 2.44. The molecule has 0 radical (unpaired) electrons. The number of carbonyl (C=O) groups excluding carboxylic acids is 2. The van der Waals surface area contributed by atoms with Gasteiger partial charge in [0, 0.05) is 20.0 Å². The molecule has 2 aliphatic rings. The van der Waals surface area contributed by atoms with E-state index in [0.717, 1.165) is 40.4 Å². The molecule has 3 aromatic rings. The van der Waals surface area contributed by atoms with Crippen molar-refractivity contribution in [3.8, 4) is 0 Å². The highest BCUT2D eigenvalue weighted by atomic mass is 32.2. The Morgan fingerprint density at radius 1 is 0.976 bits per heavy atom. The molecule has 0 spiro atoms. The van der Waals surface area contributed by atoms with E-state index in [-0.39, 0.29) is 22.2 Å². The van der Waals surface area contributed by atoms with Gasteiger partial charge in [0.2, 0.25) is 10.0 Å². The number of halogens is 2. The number of hydrogen-bond donors (Lipinski definition) is 0. The molecule has 8 nitrogen and oxygen atoms in total. The van der Waals surface area contributed by atoms with Crippen LogP contribution in [0.3, 0.4) is 0 Å². The highest BCUT2D eigenvalue weighted by Gasteiger charge is 2.44. The maximum Gasteiger partial charge on any atom is 0.338 e. The fourth-order valence-corrected chi connectivity index (χ4v) is 6.11. The van der Waals surface area contributed by atoms with Crippen LogP contribution in [0.25, 0.3) is 6.08 Å². The maximum atomic E-state index is 13.8. The third-order valence-corrected chi connectivity index (χ3v) is 9.20. The van der Waals surface area contributed by atoms with Crippen LogP contribution in [0.2, 0.25) is 0 Å². The second kappa shape index (κ2) is 11.9. The topological polar surface area (TPSA) is 96.3 Å². The van der Waals surface area contributed by atoms with Crippen LogP contribution in [0.15, 0.2) is 88.4 Å². The molecular formula is C31H29F2N3O5S. The summed E-state index contributed by atoms with van der Waals surface area (Å²) in [6, 6.07) is 16.7. The Morgan fingerprint density at radius 3 is 2.21 bits per heavy atom. The second-order valence-electron chi connectivity index (χ2n) is 10.3. The van der Waals surface area contributed by atoms with Crippen molar-refractivity contribution in [1.29, 1.82) is 0 Å². The first-order valence-corrected chi connectivity index (χ1v) is 14.8. The minimum atomic E-state index is -3.67. The largest absolute Gasteiger partial charge is 0.452 e. The van der Waals surface area contributed by atoms with Gasteiger partial charge in [0.05, 0.1) is 22.2 Å². The average molecular weight is 594 g/mol. The van der Waals surface area contributed by atoms with Crippen LogP contribution >= 0.6 is 0 Å². The maximum absolute atomic E-state index is 13.8. The number of ether oxygens (including phenoxy) is 1. The van der Waals surface area contributed by atoms with E-state index >= 15 is 0 Å². The Balaban J connectivity index is 1.38. The molecule has 1 saturated carbocycles. The number of hydrazone groups is 1. The van der Waals surface area contributed by atoms with E-state index in [1.807, 2.05) is 6.08 Å². The number of esters is 1. The van der Waals surface area contributed by atoms with Gasteiger partial charge in [0.15, 0.2) is 6.61 Å². The summed E-state index contributed by atoms with van der Waals surface area (Å²) in [6.45, 7) is -0.602. The zero-order valence-electron chi connectivity index (χ0n) is 23.0. The minimum Gasteiger partial charge on any atom is -0.452 e. The SMILES string of the molecule is CN(C)S(=O)(=O)c1ccc(C(=O)OCC(=O)N2N=C3C(=Cc4ccc(F)cc4)CCCC3C2c2ccc(F)cc2)cc1. The summed E-state index contributed by atoms with van der Waals surface area (Å²) in [6.07, 6.45) is 4.23. The first-order chi connectivity index (χ1) is 20.0. The smallest absolute Gasteiger partial charge is 0.338 e. The molecule has 11 heteroatoms. The van der Waals surface area contributed by atoms with Gasteiger partial charge >= 0.3 is 5.97 Å². The Morgan fingerprint density at radius 2 is 1.60 bits per heavy atom. The van der Waals surface area contributed by atoms with Crippen molar-refractivity contribution in [3.63, 3.8) is 0 Å². The molecule has 1 aliphatic carbocycles. The van der Waals surface area contributed by atoms with E-state index in [1.54, 1.807) is 24.3 Å². The zero-order valence-corrected chi connectivity index (χ0v) is 23.9. The first kappa shape index (κ1) is 29.3. The summed E-state index contributed by atoms with van der Waals surface area (Å²) >= 11 is 0. The Hall–Kier alpha value is -4.22. The molecule has 1 amide bonds. The molecule has 3 aromatic carbocycles. The summed E-state index contributed by atoms with van der Waals surface area (Å²) < 4.78 is 58.1. The van der Waals surface area contributed by atoms with Gasteiger partial charge in [0.25, 0.3) is 5.91 Å². The number of carbonyl (C=O) groups is 2. The van der Waals surface area contributed by atoms with Crippen molar-refractivity contribution >= 4 is 33.7 Å². The van der Waals surface area contributed by atoms with Gasteiger partial charge in [-0.15, -0.1) is 0 Å². The number of amides is 1. The zero-order chi connectivity index (χ0) is 30.0. The predicted octanol–water partition coefficient (Wildman–Crippen LogP) is 5.20. The van der Waals surface area contributed by atoms with Crippen LogP contribution in [0.4, 0.5) is 8.78 Å². The second-order valence-corrected chi connectivity index (χ2v) is 12.5. The Labute approximate surface area is 243 Å². The molecule has 2 atom stereocenters. The van der Waals surface area contributed by atoms with Crippen molar-refractivity contribution in [1.82, 2.24) is 9.31 Å². The number of sulfonamides is 1. The predicted molar refractivity (Wildman–Crippen MR) is 153 cm³/mol. The van der Waals surface area contributed by atoms with Gasteiger partial charge in [0.1, 0.15) is 11.6 Å². The van der Waals surface area contributed by atoms with E-state index < -0.39 is 40.4 Å². The van der Waals surface area contributed by atoms with E-state index in [0.29, 0.717) is 5.56 Å². The standard InChI is InChI=1S/C31H29F2N3O5S/c1-35(2)42(39,40)26-16-10-22(11-17-26)31(38)41-19-28(37)36-30(21-8-14-25(33)15-9-21)27-5-3-4-23(29(27)34-36)18-20-6-12-24(32)13-7-20/h6-18,27,30H,3-5,19H2,1-2H3. The summed E-state index contributed by atoms with van der Waals surface area (Å²) in [4.78, 5) is 26.2. The average Bonchev–Trinajstić information content (AvgIpc) is 3.38. The van der Waals surface area contributed by atoms with Crippen LogP contribution in [-0.4, -0.2) is 56.0 Å². The Kier molecular flexibility index (Phi) is 8.33. The van der Waals surface area contributed by atoms with Crippen molar-refractivity contribution in [2.24, 2.45) is 11.0 Å². The number of hydrogen-bond acceptors (Lipinski definition) is 6. The third-order valence-electron chi connectivity index (χ3n) is 7.37. The van der Waals surface area contributed by atoms with Crippen LogP contribution in [0, 0.1) is 17.6 Å². The lowest BCUT2D eigenvalue weighted by Gasteiger charge is -2.29. The van der Waals surface area contributed by atoms with Gasteiger partial charge < -0.3 is 4.74 Å². The molecule has 0 aromatic heterocycles. The molecular weight excluding hydrogens is 564 g/mol. The fraction of sp³-hybridized carbons (Fsp3) is 0.258. The van der Waals surface area contributed by atoms with Gasteiger partial charge in [-0.2, -0.15) is 5.10 Å². The van der Waals surface area contributed by atoms with Crippen molar-refractivity contribution in [2.45, 2.75) is 30.2 Å². The summed E-state index contributed by atoms with van der Waals surface area (Å²) in [5.74, 6) is -2.27. The lowest BCUT2D eigenvalue weighted by atomic mass is 9.77. The van der Waals surface area contributed by atoms with Crippen molar-refractivity contribution in [3.05, 3.63) is 107 Å². The van der Waals surface area contributed by atoms with Gasteiger partial charge in [-0.1, -0.05) is 24.3 Å². The Bertz CT molecular complexity index is 1650. The number of nitrogens with zero attached hydrogens (tertiary/aromatic N) is 3. The molecule has 0 bridgehead atoms. The van der Waals surface area contributed by atoms with Crippen molar-refractivity contribution in [2.75, 3.05) is 20.7 Å². The first-order valence-electron chi connectivity index (χ1n) is 13.4. The highest BCUT2D eigenvalue weighted by molar-refractivity contribution is 7.89. The molecule has 1 heterocycles. The molecule has 1 fully saturated rings. The number of benzene rings is 3. The number of fused-ring (bicyclic) bond motifs is 1. The number of allylic oxidation sites excluding steroid dienone is 1. The molecule has 1 aliphatic heterocycles. The minimum absolute atomic E-state index is 0.0160. The molecule has 42 heavy (non-hydrogen) atoms. The van der Waals surface area contributed by atoms with E-state index in [1.165, 1.54) is 67.6 Å². The summed E-state index contributed by atoms with van der Waals surface area (Å²) in [5, 5.41) is 6.00. The van der Waals surface area contributed by atoms with Crippen LogP contribution in [0.1, 0.15) is 46.8 Å². The van der Waals surface area contributed by atoms with Gasteiger partial charge in [-0.3, -0.25) is 4.79 Å². The van der Waals surface area contributed by atoms with E-state index in [9.17, 15) is 26.8 Å². The molecule has 2 unspecified atom stereocenters. The normalized spacial score (nSPS) is 19.5. The fourth-order valence-electron chi connectivity index (χ4n) is 5.21. The van der Waals surface area contributed by atoms with Gasteiger partial charge in [-0.25, -0.2) is 31.3 Å². The molecule has 5 rings (SSSR count). The lowest BCUT2D eigenvalue weighted by molar-refractivity contribution is -0.137. The van der Waals surface area contributed by atoms with E-state index in [2.05, 4.69) is 0 Å². The van der Waals surface area contributed by atoms with Gasteiger partial charge in [-0.05, 0) is 90.6 Å². The summed E-state index contributed by atoms with van der Waals surface area (Å²) in [5.41, 5.74) is 3.22. The summed E-state index contributed by atoms with van der Waals surface area (Å²) in [7, 11) is -0.859. The molecule has 218 valence electrons. The van der Waals surface area contributed by atoms with Crippen LogP contribution < -0.4 is 0 Å². The molecule has 0 N–H and O–H groups in total. The lowest BCUT2D eigenvalue weighted by Crippen LogP contribution is -2.34. The monoisotopic (exact) mass is 593 g/mol. The number of rotatable bonds is 7. The van der Waals surface area contributed by atoms with Crippen LogP contribution in [-0.2, 0) is 19.6 Å². The molecule has 0 saturated heterocycles. The quantitative estimate of drug-likeness (QED) is 0.351. The van der Waals surface area contributed by atoms with Crippen LogP contribution in [0.5, 0.6) is 0 Å².